The second kappa shape index (κ2) is 22.0. The summed E-state index contributed by atoms with van der Waals surface area (Å²) >= 11 is 0. The number of esters is 1. The molecule has 3 heterocycles. The number of cyclic esters (lactones) is 1. The van der Waals surface area contributed by atoms with E-state index in [2.05, 4.69) is 0 Å². The van der Waals surface area contributed by atoms with Gasteiger partial charge in [-0.1, -0.05) is 64.2 Å². The minimum Gasteiger partial charge on any atom is -0.460 e. The lowest BCUT2D eigenvalue weighted by Crippen LogP contribution is -2.61. The van der Waals surface area contributed by atoms with Gasteiger partial charge in [0.05, 0.1) is 30.5 Å². The molecule has 1 saturated carbocycles. The van der Waals surface area contributed by atoms with Crippen LogP contribution in [0.15, 0.2) is 47.6 Å². The predicted octanol–water partition coefficient (Wildman–Crippen LogP) is 5.70. The Balaban J connectivity index is 1.65. The van der Waals surface area contributed by atoms with Gasteiger partial charge in [0.1, 0.15) is 17.9 Å². The first kappa shape index (κ1) is 47.7. The lowest BCUT2D eigenvalue weighted by atomic mass is 9.79. The fourth-order valence-electron chi connectivity index (χ4n) is 9.04. The minimum atomic E-state index is -2.38. The van der Waals surface area contributed by atoms with E-state index in [0.717, 1.165) is 5.57 Å². The SMILES string of the molecule is CO[C@H]1C[C@@H]2CC[C@@H](C)[C@@](O)(O2)C(=O)C(=O)N2CCCC[C@H]2C(=O)OC([C@H](C)C[C@@H]2CC[C@@H](O)[C@H](O)C2)C/C=C(\C)[C@@H](O)CC(=O)[C@H](C)C[C@H](C)/C=C/C=C/C=C/1C. The molecule has 0 aromatic rings. The van der Waals surface area contributed by atoms with Gasteiger partial charge in [0, 0.05) is 44.8 Å². The van der Waals surface area contributed by atoms with Crippen molar-refractivity contribution in [2.75, 3.05) is 13.7 Å². The van der Waals surface area contributed by atoms with Crippen molar-refractivity contribution in [3.05, 3.63) is 47.6 Å². The number of carbonyl (C=O) groups is 4. The van der Waals surface area contributed by atoms with Crippen LogP contribution < -0.4 is 0 Å². The first-order valence-electron chi connectivity index (χ1n) is 21.7. The normalized spacial score (nSPS) is 40.8. The maximum absolute atomic E-state index is 14.2. The Bertz CT molecular complexity index is 1540. The number of fused-ring (bicyclic) bond motifs is 3. The largest absolute Gasteiger partial charge is 0.460 e. The molecular formula is C46H71NO11. The molecule has 0 aromatic carbocycles. The van der Waals surface area contributed by atoms with Gasteiger partial charge >= 0.3 is 5.97 Å². The molecule has 4 rings (SSSR count). The lowest BCUT2D eigenvalue weighted by molar-refractivity contribution is -0.265. The lowest BCUT2D eigenvalue weighted by Gasteiger charge is -2.42. The fourth-order valence-corrected chi connectivity index (χ4v) is 9.04. The van der Waals surface area contributed by atoms with Gasteiger partial charge in [-0.15, -0.1) is 0 Å². The molecule has 4 N–H and O–H groups in total. The molecule has 13 atom stereocenters. The van der Waals surface area contributed by atoms with E-state index in [9.17, 15) is 39.6 Å². The molecule has 3 aliphatic heterocycles. The van der Waals surface area contributed by atoms with Crippen LogP contribution in [0.25, 0.3) is 0 Å². The number of nitrogens with zero attached hydrogens (tertiary/aromatic N) is 1. The number of rotatable bonds is 4. The molecule has 12 heteroatoms. The van der Waals surface area contributed by atoms with Crippen LogP contribution in [-0.4, -0.2) is 111 Å². The maximum Gasteiger partial charge on any atom is 0.329 e. The number of Topliss-reactive ketones (excluding diaryl/α,β-unsaturated/α-hetero) is 2. The predicted molar refractivity (Wildman–Crippen MR) is 220 cm³/mol. The van der Waals surface area contributed by atoms with Crippen molar-refractivity contribution in [2.24, 2.45) is 29.6 Å². The monoisotopic (exact) mass is 814 g/mol. The number of aliphatic hydroxyl groups excluding tert-OH is 3. The van der Waals surface area contributed by atoms with Gasteiger partial charge in [-0.25, -0.2) is 4.79 Å². The average Bonchev–Trinajstić information content (AvgIpc) is 3.19. The van der Waals surface area contributed by atoms with Gasteiger partial charge in [-0.05, 0) is 107 Å². The summed E-state index contributed by atoms with van der Waals surface area (Å²) < 4.78 is 18.2. The topological polar surface area (TPSA) is 180 Å². The number of piperidine rings is 1. The summed E-state index contributed by atoms with van der Waals surface area (Å²) in [6.07, 6.45) is 13.1. The third-order valence-corrected chi connectivity index (χ3v) is 13.1. The number of hydrogen-bond acceptors (Lipinski definition) is 11. The van der Waals surface area contributed by atoms with Crippen molar-refractivity contribution in [1.29, 1.82) is 0 Å². The highest BCUT2D eigenvalue weighted by molar-refractivity contribution is 6.39. The van der Waals surface area contributed by atoms with Crippen LogP contribution in [-0.2, 0) is 33.4 Å². The molecule has 3 fully saturated rings. The molecule has 2 bridgehead atoms. The fraction of sp³-hybridized carbons (Fsp3) is 0.739. The molecule has 0 aromatic heterocycles. The van der Waals surface area contributed by atoms with Crippen molar-refractivity contribution in [3.63, 3.8) is 0 Å². The van der Waals surface area contributed by atoms with E-state index in [1.165, 1.54) is 4.90 Å². The minimum absolute atomic E-state index is 0.0453. The summed E-state index contributed by atoms with van der Waals surface area (Å²) in [4.78, 5) is 56.8. The number of ketones is 2. The highest BCUT2D eigenvalue weighted by Gasteiger charge is 2.53. The zero-order valence-electron chi connectivity index (χ0n) is 35.9. The number of hydrogen-bond donors (Lipinski definition) is 4. The second-order valence-electron chi connectivity index (χ2n) is 17.9. The van der Waals surface area contributed by atoms with Gasteiger partial charge < -0.3 is 39.5 Å². The van der Waals surface area contributed by atoms with E-state index < -0.39 is 65.9 Å². The molecule has 0 radical (unpaired) electrons. The van der Waals surface area contributed by atoms with Crippen molar-refractivity contribution < 1.29 is 53.8 Å². The van der Waals surface area contributed by atoms with Gasteiger partial charge in [-0.3, -0.25) is 14.4 Å². The highest BCUT2D eigenvalue weighted by atomic mass is 16.6. The van der Waals surface area contributed by atoms with Gasteiger partial charge in [0.2, 0.25) is 5.79 Å². The summed E-state index contributed by atoms with van der Waals surface area (Å²) in [7, 11) is 1.59. The van der Waals surface area contributed by atoms with E-state index in [4.69, 9.17) is 14.2 Å². The number of methoxy groups -OCH3 is 1. The molecular weight excluding hydrogens is 743 g/mol. The van der Waals surface area contributed by atoms with Crippen molar-refractivity contribution in [2.45, 2.75) is 173 Å². The van der Waals surface area contributed by atoms with Crippen LogP contribution >= 0.6 is 0 Å². The molecule has 58 heavy (non-hydrogen) atoms. The van der Waals surface area contributed by atoms with Crippen LogP contribution in [0.4, 0.5) is 0 Å². The molecule has 0 spiro atoms. The molecule has 326 valence electrons. The van der Waals surface area contributed by atoms with E-state index in [0.29, 0.717) is 69.8 Å². The molecule has 1 unspecified atom stereocenters. The Morgan fingerprint density at radius 3 is 2.34 bits per heavy atom. The van der Waals surface area contributed by atoms with Crippen LogP contribution in [0.1, 0.15) is 125 Å². The van der Waals surface area contributed by atoms with Crippen LogP contribution in [0.2, 0.25) is 0 Å². The number of carbonyl (C=O) groups excluding carboxylic acids is 4. The molecule has 2 saturated heterocycles. The standard InChI is InChI=1S/C46H71NO11/c1-28-13-9-8-10-14-30(3)42(56-7)26-35-19-17-33(6)46(55,58-35)43(52)44(53)47-22-12-11-15-36(47)45(54)57-41(32(5)24-34-18-20-37(48)40(51)25-34)21-16-29(2)38(49)27-39(50)31(4)23-28/h8-10,13-14,16,28,31-38,40-42,48-49,51,55H,11-12,15,17-27H2,1-7H3/b10-8+,13-9+,29-16+,30-14+/t28-,31-,32-,33-,34+,35+,36+,37-,38+,40-,41?,42+,46-/m1/s1. The van der Waals surface area contributed by atoms with Crippen molar-refractivity contribution >= 4 is 23.4 Å². The summed E-state index contributed by atoms with van der Waals surface area (Å²) in [6, 6.07) is -1.06. The Labute approximate surface area is 345 Å². The first-order chi connectivity index (χ1) is 27.4. The summed E-state index contributed by atoms with van der Waals surface area (Å²) in [5.74, 6) is -6.14. The van der Waals surface area contributed by atoms with E-state index >= 15 is 0 Å². The maximum atomic E-state index is 14.2. The third-order valence-electron chi connectivity index (χ3n) is 13.1. The zero-order chi connectivity index (χ0) is 42.7. The van der Waals surface area contributed by atoms with Crippen molar-refractivity contribution in [1.82, 2.24) is 4.90 Å². The first-order valence-corrected chi connectivity index (χ1v) is 21.7. The Morgan fingerprint density at radius 2 is 1.64 bits per heavy atom. The zero-order valence-corrected chi connectivity index (χ0v) is 35.9. The Kier molecular flexibility index (Phi) is 18.1. The quantitative estimate of drug-likeness (QED) is 0.156. The van der Waals surface area contributed by atoms with E-state index in [-0.39, 0.29) is 61.4 Å². The van der Waals surface area contributed by atoms with E-state index in [1.54, 1.807) is 27.0 Å². The van der Waals surface area contributed by atoms with Crippen molar-refractivity contribution in [3.8, 4) is 0 Å². The summed E-state index contributed by atoms with van der Waals surface area (Å²) in [6.45, 7) is 11.4. The Morgan fingerprint density at radius 1 is 0.897 bits per heavy atom. The summed E-state index contributed by atoms with van der Waals surface area (Å²) in [5, 5.41) is 43.5. The van der Waals surface area contributed by atoms with Crippen LogP contribution in [0.5, 0.6) is 0 Å². The third kappa shape index (κ3) is 12.8. The molecule has 12 nitrogen and oxygen atoms in total. The molecule has 1 amide bonds. The molecule has 4 aliphatic rings. The average molecular weight is 814 g/mol. The van der Waals surface area contributed by atoms with E-state index in [1.807, 2.05) is 58.1 Å². The number of aliphatic hydroxyl groups is 4. The number of allylic oxidation sites excluding steroid dienone is 5. The smallest absolute Gasteiger partial charge is 0.329 e. The number of amides is 1. The van der Waals surface area contributed by atoms with Crippen LogP contribution in [0, 0.1) is 29.6 Å². The Hall–Kier alpha value is -3.00. The summed E-state index contributed by atoms with van der Waals surface area (Å²) in [5.41, 5.74) is 1.48. The second-order valence-corrected chi connectivity index (χ2v) is 17.9. The van der Waals surface area contributed by atoms with Gasteiger partial charge in [0.15, 0.2) is 0 Å². The highest BCUT2D eigenvalue weighted by Crippen LogP contribution is 2.37. The van der Waals surface area contributed by atoms with Gasteiger partial charge in [0.25, 0.3) is 11.7 Å². The van der Waals surface area contributed by atoms with Crippen LogP contribution in [0.3, 0.4) is 0 Å². The molecule has 1 aliphatic carbocycles. The van der Waals surface area contributed by atoms with Gasteiger partial charge in [-0.2, -0.15) is 0 Å². The number of ether oxygens (including phenoxy) is 3.